The zero-order chi connectivity index (χ0) is 55.6. The molecule has 446 valence electrons. The van der Waals surface area contributed by atoms with Gasteiger partial charge in [0.15, 0.2) is 0 Å². The van der Waals surface area contributed by atoms with Crippen LogP contribution in [0.5, 0.6) is 0 Å². The zero-order valence-corrected chi connectivity index (χ0v) is 51.9. The van der Waals surface area contributed by atoms with Crippen LogP contribution >= 0.6 is 7.82 Å². The lowest BCUT2D eigenvalue weighted by atomic mass is 10.0. The molecular weight excluding hydrogens is 960 g/mol. The molecule has 0 rings (SSSR count). The van der Waals surface area contributed by atoms with Gasteiger partial charge in [-0.15, -0.1) is 0 Å². The van der Waals surface area contributed by atoms with Gasteiger partial charge in [-0.05, 0) is 70.6 Å². The number of allylic oxidation sites excluding steroid dienone is 9. The molecule has 0 aliphatic heterocycles. The minimum Gasteiger partial charge on any atom is -0.387 e. The van der Waals surface area contributed by atoms with E-state index in [9.17, 15) is 19.4 Å². The average molecular weight is 1090 g/mol. The molecule has 0 heterocycles. The Morgan fingerprint density at radius 1 is 0.447 bits per heavy atom. The summed E-state index contributed by atoms with van der Waals surface area (Å²) in [5.74, 6) is -0.192. The molecule has 0 radical (unpaired) electrons. The van der Waals surface area contributed by atoms with E-state index in [1.807, 2.05) is 27.2 Å². The lowest BCUT2D eigenvalue weighted by molar-refractivity contribution is -0.870. The van der Waals surface area contributed by atoms with Crippen molar-refractivity contribution >= 4 is 13.7 Å². The number of likely N-dealkylation sites (N-methyl/N-ethyl adjacent to an activating group) is 1. The first kappa shape index (κ1) is 74.2. The van der Waals surface area contributed by atoms with Gasteiger partial charge in [0, 0.05) is 6.42 Å². The van der Waals surface area contributed by atoms with Crippen molar-refractivity contribution in [1.29, 1.82) is 0 Å². The summed E-state index contributed by atoms with van der Waals surface area (Å²) in [7, 11) is 1.55. The maximum atomic E-state index is 13.0. The Labute approximate surface area is 472 Å². The molecule has 9 heteroatoms. The van der Waals surface area contributed by atoms with Gasteiger partial charge >= 0.3 is 7.82 Å². The third-order valence-electron chi connectivity index (χ3n) is 14.7. The Balaban J connectivity index is 4.17. The predicted molar refractivity (Wildman–Crippen MR) is 332 cm³/mol. The first-order valence-electron chi connectivity index (χ1n) is 32.7. The molecule has 0 aliphatic rings. The number of phosphoric acid groups is 1. The molecule has 3 atom stereocenters. The number of carbonyl (C=O) groups excluding carboxylic acids is 1. The lowest BCUT2D eigenvalue weighted by Crippen LogP contribution is -2.45. The minimum atomic E-state index is -4.36. The number of quaternary nitrogens is 1. The summed E-state index contributed by atoms with van der Waals surface area (Å²) < 4.78 is 23.8. The SMILES string of the molecule is CCCCCCC/C=C\C/C=C\C/C=C\CCCCCCCCCCC(=O)NC(COP(=O)(O)OCC[N+](C)(C)C)C(O)/C=C/CC/C=C/CCCCCCCCCCCCCCCCCCCCCCCCCCC. The molecule has 0 spiro atoms. The summed E-state index contributed by atoms with van der Waals surface area (Å²) >= 11 is 0. The standard InChI is InChI=1S/C67H127N2O6P/c1-6-8-10-12-14-16-18-20-22-24-26-28-30-31-32-33-34-35-36-37-39-40-42-44-46-48-50-52-54-56-58-60-66(70)65(64-75-76(72,73)74-63-62-69(3,4)5)68-67(71)61-59-57-55-53-51-49-47-45-43-41-38-29-27-25-23-21-19-17-15-13-11-9-7-2/h19,21,25,27,38,41,50,52,58,60,65-66,70H,6-18,20,22-24,26,28-37,39-40,42-49,51,53-57,59,61-64H2,1-5H3,(H-,68,71,72,73)/p+1/b21-19-,27-25-,41-38-,52-50+,60-58+. The number of hydrogen-bond donors (Lipinski definition) is 3. The maximum Gasteiger partial charge on any atom is 0.472 e. The minimum absolute atomic E-state index is 0.0529. The van der Waals surface area contributed by atoms with Crippen LogP contribution in [0.3, 0.4) is 0 Å². The molecule has 0 saturated carbocycles. The summed E-state index contributed by atoms with van der Waals surface area (Å²) in [6.45, 7) is 4.81. The van der Waals surface area contributed by atoms with Crippen molar-refractivity contribution in [2.24, 2.45) is 0 Å². The topological polar surface area (TPSA) is 105 Å². The summed E-state index contributed by atoms with van der Waals surface area (Å²) in [5.41, 5.74) is 0. The third kappa shape index (κ3) is 59.9. The van der Waals surface area contributed by atoms with Crippen LogP contribution in [0.25, 0.3) is 0 Å². The van der Waals surface area contributed by atoms with Crippen molar-refractivity contribution in [3.8, 4) is 0 Å². The van der Waals surface area contributed by atoms with E-state index in [0.717, 1.165) is 57.8 Å². The Bertz CT molecular complexity index is 1420. The second-order valence-electron chi connectivity index (χ2n) is 23.5. The lowest BCUT2D eigenvalue weighted by Gasteiger charge is -2.25. The van der Waals surface area contributed by atoms with Gasteiger partial charge in [-0.25, -0.2) is 4.57 Å². The highest BCUT2D eigenvalue weighted by Crippen LogP contribution is 2.43. The second-order valence-corrected chi connectivity index (χ2v) is 24.9. The molecule has 0 aromatic carbocycles. The number of nitrogens with one attached hydrogen (secondary N) is 1. The van der Waals surface area contributed by atoms with Crippen LogP contribution in [0.2, 0.25) is 0 Å². The molecule has 3 N–H and O–H groups in total. The molecule has 0 aromatic heterocycles. The smallest absolute Gasteiger partial charge is 0.387 e. The van der Waals surface area contributed by atoms with Gasteiger partial charge in [0.25, 0.3) is 0 Å². The molecule has 8 nitrogen and oxygen atoms in total. The quantitative estimate of drug-likeness (QED) is 0.0243. The Kier molecular flexibility index (Phi) is 56.5. The Morgan fingerprint density at radius 3 is 1.14 bits per heavy atom. The first-order chi connectivity index (χ1) is 37.0. The van der Waals surface area contributed by atoms with Crippen LogP contribution < -0.4 is 5.32 Å². The van der Waals surface area contributed by atoms with Crippen molar-refractivity contribution in [3.63, 3.8) is 0 Å². The molecule has 76 heavy (non-hydrogen) atoms. The van der Waals surface area contributed by atoms with Crippen LogP contribution in [0.4, 0.5) is 0 Å². The fourth-order valence-electron chi connectivity index (χ4n) is 9.60. The number of nitrogens with zero attached hydrogens (tertiary/aromatic N) is 1. The fourth-order valence-corrected chi connectivity index (χ4v) is 10.3. The van der Waals surface area contributed by atoms with E-state index in [-0.39, 0.29) is 19.1 Å². The van der Waals surface area contributed by atoms with E-state index in [4.69, 9.17) is 9.05 Å². The average Bonchev–Trinajstić information content (AvgIpc) is 3.38. The molecular formula is C67H128N2O6P+. The van der Waals surface area contributed by atoms with Crippen molar-refractivity contribution < 1.29 is 32.9 Å². The highest BCUT2D eigenvalue weighted by molar-refractivity contribution is 7.47. The molecule has 1 amide bonds. The Morgan fingerprint density at radius 2 is 0.763 bits per heavy atom. The van der Waals surface area contributed by atoms with Crippen LogP contribution in [-0.2, 0) is 18.4 Å². The summed E-state index contributed by atoms with van der Waals surface area (Å²) in [5, 5.41) is 14.0. The van der Waals surface area contributed by atoms with E-state index in [1.54, 1.807) is 6.08 Å². The number of hydrogen-bond acceptors (Lipinski definition) is 5. The van der Waals surface area contributed by atoms with Crippen molar-refractivity contribution in [2.45, 2.75) is 321 Å². The van der Waals surface area contributed by atoms with Crippen LogP contribution in [0.1, 0.15) is 309 Å². The van der Waals surface area contributed by atoms with Gasteiger partial charge in [-0.3, -0.25) is 13.8 Å². The van der Waals surface area contributed by atoms with E-state index in [1.165, 1.54) is 231 Å². The monoisotopic (exact) mass is 1090 g/mol. The molecule has 3 unspecified atom stereocenters. The summed E-state index contributed by atoms with van der Waals surface area (Å²) in [6, 6.07) is -0.872. The zero-order valence-electron chi connectivity index (χ0n) is 51.0. The van der Waals surface area contributed by atoms with Gasteiger partial charge < -0.3 is 19.8 Å². The van der Waals surface area contributed by atoms with E-state index < -0.39 is 20.0 Å². The maximum absolute atomic E-state index is 13.0. The normalized spacial score (nSPS) is 14.1. The number of rotatable bonds is 60. The highest BCUT2D eigenvalue weighted by Gasteiger charge is 2.27. The Hall–Kier alpha value is -1.80. The molecule has 0 aromatic rings. The first-order valence-corrected chi connectivity index (χ1v) is 34.2. The van der Waals surface area contributed by atoms with Gasteiger partial charge in [0.05, 0.1) is 39.9 Å². The van der Waals surface area contributed by atoms with Crippen LogP contribution in [-0.4, -0.2) is 73.4 Å². The largest absolute Gasteiger partial charge is 0.472 e. The van der Waals surface area contributed by atoms with Crippen molar-refractivity contribution in [3.05, 3.63) is 60.8 Å². The van der Waals surface area contributed by atoms with Gasteiger partial charge in [-0.1, -0.05) is 293 Å². The van der Waals surface area contributed by atoms with Gasteiger partial charge in [-0.2, -0.15) is 0 Å². The molecule has 0 saturated heterocycles. The molecule has 0 fully saturated rings. The summed E-state index contributed by atoms with van der Waals surface area (Å²) in [4.78, 5) is 23.4. The second kappa shape index (κ2) is 57.9. The molecule has 0 aliphatic carbocycles. The highest BCUT2D eigenvalue weighted by atomic mass is 31.2. The van der Waals surface area contributed by atoms with Crippen LogP contribution in [0, 0.1) is 0 Å². The van der Waals surface area contributed by atoms with E-state index >= 15 is 0 Å². The number of aliphatic hydroxyl groups is 1. The van der Waals surface area contributed by atoms with E-state index in [0.29, 0.717) is 17.4 Å². The third-order valence-corrected chi connectivity index (χ3v) is 15.7. The van der Waals surface area contributed by atoms with Gasteiger partial charge in [0.2, 0.25) is 5.91 Å². The predicted octanol–water partition coefficient (Wildman–Crippen LogP) is 20.4. The number of carbonyl (C=O) groups is 1. The summed E-state index contributed by atoms with van der Waals surface area (Å²) in [6.07, 6.45) is 79.3. The van der Waals surface area contributed by atoms with E-state index in [2.05, 4.69) is 67.8 Å². The van der Waals surface area contributed by atoms with Crippen molar-refractivity contribution in [1.82, 2.24) is 5.32 Å². The number of amides is 1. The number of aliphatic hydroxyl groups excluding tert-OH is 1. The van der Waals surface area contributed by atoms with Crippen LogP contribution in [0.15, 0.2) is 60.8 Å². The van der Waals surface area contributed by atoms with Crippen molar-refractivity contribution in [2.75, 3.05) is 40.9 Å². The van der Waals surface area contributed by atoms with Gasteiger partial charge in [0.1, 0.15) is 13.2 Å². The number of unbranched alkanes of at least 4 members (excludes halogenated alkanes) is 39. The number of phosphoric ester groups is 1. The molecule has 0 bridgehead atoms. The fraction of sp³-hybridized carbons (Fsp3) is 0.836.